The molecule has 2 heterocycles. The van der Waals surface area contributed by atoms with Crippen LogP contribution in [0.4, 0.5) is 0 Å². The van der Waals surface area contributed by atoms with E-state index in [1.54, 1.807) is 0 Å². The molecule has 0 bridgehead atoms. The third kappa shape index (κ3) is 1.59. The normalized spacial score (nSPS) is 11.9. The predicted molar refractivity (Wildman–Crippen MR) is 54.5 cm³/mol. The van der Waals surface area contributed by atoms with E-state index in [0.29, 0.717) is 5.69 Å². The summed E-state index contributed by atoms with van der Waals surface area (Å²) in [5, 5.41) is 13.0. The van der Waals surface area contributed by atoms with Gasteiger partial charge in [-0.3, -0.25) is 4.68 Å². The van der Waals surface area contributed by atoms with Gasteiger partial charge in [0.2, 0.25) is 0 Å². The molecule has 81 valence electrons. The Kier molecular flexibility index (Phi) is 2.91. The minimum absolute atomic E-state index is 0. The number of nitriles is 1. The van der Waals surface area contributed by atoms with Crippen LogP contribution in [0.15, 0.2) is 24.3 Å². The van der Waals surface area contributed by atoms with Gasteiger partial charge in [0.1, 0.15) is 6.07 Å². The number of aromatic nitrogens is 2. The summed E-state index contributed by atoms with van der Waals surface area (Å²) in [5.41, 5.74) is 3.81. The first kappa shape index (κ1) is 11.1. The second-order valence-corrected chi connectivity index (χ2v) is 3.59. The van der Waals surface area contributed by atoms with Gasteiger partial charge in [0.05, 0.1) is 0 Å². The SMILES string of the molecule is N#Cc1cc2n(n1)-c1[c-]cccc1CC2.[Ir]. The first-order chi connectivity index (χ1) is 7.38. The van der Waals surface area contributed by atoms with Crippen LogP contribution in [-0.2, 0) is 32.9 Å². The molecule has 0 aliphatic carbocycles. The molecule has 0 atom stereocenters. The van der Waals surface area contributed by atoms with Gasteiger partial charge in [0, 0.05) is 25.8 Å². The summed E-state index contributed by atoms with van der Waals surface area (Å²) in [6, 6.07) is 13.0. The number of fused-ring (bicyclic) bond motifs is 3. The van der Waals surface area contributed by atoms with Crippen LogP contribution in [0.25, 0.3) is 5.69 Å². The minimum Gasteiger partial charge on any atom is -0.261 e. The molecule has 1 aromatic carbocycles. The van der Waals surface area contributed by atoms with Crippen LogP contribution in [0.2, 0.25) is 0 Å². The van der Waals surface area contributed by atoms with Crippen molar-refractivity contribution in [2.24, 2.45) is 0 Å². The summed E-state index contributed by atoms with van der Waals surface area (Å²) in [5.74, 6) is 0. The molecule has 1 aliphatic heterocycles. The maximum absolute atomic E-state index is 8.80. The molecule has 3 nitrogen and oxygen atoms in total. The molecule has 0 unspecified atom stereocenters. The van der Waals surface area contributed by atoms with Gasteiger partial charge in [-0.05, 0) is 18.2 Å². The number of nitrogens with zero attached hydrogens (tertiary/aromatic N) is 3. The fraction of sp³-hybridized carbons (Fsp3) is 0.167. The third-order valence-electron chi connectivity index (χ3n) is 2.68. The number of hydrogen-bond acceptors (Lipinski definition) is 2. The molecule has 16 heavy (non-hydrogen) atoms. The molecule has 1 radical (unpaired) electrons. The molecule has 1 aromatic heterocycles. The summed E-state index contributed by atoms with van der Waals surface area (Å²) in [6.45, 7) is 0. The molecule has 0 spiro atoms. The van der Waals surface area contributed by atoms with Crippen molar-refractivity contribution >= 4 is 0 Å². The topological polar surface area (TPSA) is 41.6 Å². The van der Waals surface area contributed by atoms with Crippen LogP contribution in [0.5, 0.6) is 0 Å². The maximum Gasteiger partial charge on any atom is 0.163 e. The predicted octanol–water partition coefficient (Wildman–Crippen LogP) is 1.64. The number of hydrogen-bond donors (Lipinski definition) is 0. The zero-order valence-electron chi connectivity index (χ0n) is 8.40. The molecule has 0 saturated carbocycles. The van der Waals surface area contributed by atoms with E-state index in [9.17, 15) is 0 Å². The van der Waals surface area contributed by atoms with Crippen molar-refractivity contribution in [1.29, 1.82) is 5.26 Å². The van der Waals surface area contributed by atoms with Crippen molar-refractivity contribution in [3.8, 4) is 11.8 Å². The Balaban J connectivity index is 0.000000963. The van der Waals surface area contributed by atoms with E-state index >= 15 is 0 Å². The monoisotopic (exact) mass is 387 g/mol. The second-order valence-electron chi connectivity index (χ2n) is 3.59. The number of aryl methyl sites for hydroxylation is 2. The Bertz CT molecular complexity index is 566. The molecule has 0 saturated heterocycles. The number of rotatable bonds is 0. The average molecular weight is 386 g/mol. The molecular weight excluding hydrogens is 378 g/mol. The second kappa shape index (κ2) is 4.21. The van der Waals surface area contributed by atoms with E-state index in [2.05, 4.69) is 23.3 Å². The zero-order chi connectivity index (χ0) is 10.3. The molecule has 0 N–H and O–H groups in total. The van der Waals surface area contributed by atoms with Crippen LogP contribution in [0, 0.1) is 17.4 Å². The van der Waals surface area contributed by atoms with E-state index in [-0.39, 0.29) is 20.1 Å². The van der Waals surface area contributed by atoms with Crippen molar-refractivity contribution in [2.75, 3.05) is 0 Å². The first-order valence-corrected chi connectivity index (χ1v) is 4.87. The molecule has 1 aliphatic rings. The summed E-state index contributed by atoms with van der Waals surface area (Å²) >= 11 is 0. The van der Waals surface area contributed by atoms with E-state index in [1.165, 1.54) is 5.56 Å². The van der Waals surface area contributed by atoms with E-state index in [4.69, 9.17) is 5.26 Å². The average Bonchev–Trinajstić information content (AvgIpc) is 2.72. The summed E-state index contributed by atoms with van der Waals surface area (Å²) in [6.07, 6.45) is 1.95. The summed E-state index contributed by atoms with van der Waals surface area (Å²) < 4.78 is 1.83. The van der Waals surface area contributed by atoms with Gasteiger partial charge < -0.3 is 0 Å². The standard InChI is InChI=1S/C12H8N3.Ir/c13-8-10-7-11-6-5-9-3-1-2-4-12(9)15(11)14-10;/h1-3,7H,5-6H2;/q-1;. The van der Waals surface area contributed by atoms with Crippen molar-refractivity contribution in [3.63, 3.8) is 0 Å². The van der Waals surface area contributed by atoms with Crippen LogP contribution < -0.4 is 0 Å². The van der Waals surface area contributed by atoms with Crippen molar-refractivity contribution in [3.05, 3.63) is 47.3 Å². The molecule has 4 heteroatoms. The Morgan fingerprint density at radius 2 is 2.31 bits per heavy atom. The quantitative estimate of drug-likeness (QED) is 0.646. The van der Waals surface area contributed by atoms with Gasteiger partial charge in [-0.1, -0.05) is 6.42 Å². The van der Waals surface area contributed by atoms with E-state index in [0.717, 1.165) is 24.2 Å². The van der Waals surface area contributed by atoms with Crippen molar-refractivity contribution in [1.82, 2.24) is 9.78 Å². The number of benzene rings is 1. The molecule has 0 amide bonds. The number of para-hydroxylation sites is 1. The first-order valence-electron chi connectivity index (χ1n) is 4.87. The van der Waals surface area contributed by atoms with E-state index < -0.39 is 0 Å². The van der Waals surface area contributed by atoms with Crippen molar-refractivity contribution < 1.29 is 20.1 Å². The van der Waals surface area contributed by atoms with Crippen LogP contribution in [0.1, 0.15) is 17.0 Å². The van der Waals surface area contributed by atoms with Crippen molar-refractivity contribution in [2.45, 2.75) is 12.8 Å². The maximum atomic E-state index is 8.80. The van der Waals surface area contributed by atoms with Gasteiger partial charge in [-0.15, -0.1) is 5.56 Å². The van der Waals surface area contributed by atoms with Gasteiger partial charge in [-0.25, -0.2) is 0 Å². The molecule has 3 rings (SSSR count). The molecular formula is C12H8IrN3-. The van der Waals surface area contributed by atoms with Crippen LogP contribution in [-0.4, -0.2) is 9.78 Å². The minimum atomic E-state index is 0. The van der Waals surface area contributed by atoms with Crippen LogP contribution in [0.3, 0.4) is 0 Å². The Hall–Kier alpha value is -1.43. The van der Waals surface area contributed by atoms with Gasteiger partial charge in [0.25, 0.3) is 0 Å². The Labute approximate surface area is 107 Å². The molecule has 0 fully saturated rings. The largest absolute Gasteiger partial charge is 0.261 e. The fourth-order valence-corrected chi connectivity index (χ4v) is 1.97. The Morgan fingerprint density at radius 3 is 3.12 bits per heavy atom. The van der Waals surface area contributed by atoms with Crippen LogP contribution >= 0.6 is 0 Å². The zero-order valence-corrected chi connectivity index (χ0v) is 10.8. The van der Waals surface area contributed by atoms with E-state index in [1.807, 2.05) is 22.9 Å². The molecule has 2 aromatic rings. The summed E-state index contributed by atoms with van der Waals surface area (Å²) in [7, 11) is 0. The summed E-state index contributed by atoms with van der Waals surface area (Å²) in [4.78, 5) is 0. The van der Waals surface area contributed by atoms with Gasteiger partial charge in [-0.2, -0.15) is 34.6 Å². The van der Waals surface area contributed by atoms with Gasteiger partial charge >= 0.3 is 0 Å². The third-order valence-corrected chi connectivity index (χ3v) is 2.68. The smallest absolute Gasteiger partial charge is 0.163 e. The Morgan fingerprint density at radius 1 is 1.44 bits per heavy atom. The van der Waals surface area contributed by atoms with Gasteiger partial charge in [0.15, 0.2) is 5.69 Å². The fourth-order valence-electron chi connectivity index (χ4n) is 1.97.